The summed E-state index contributed by atoms with van der Waals surface area (Å²) in [6.07, 6.45) is 0. The van der Waals surface area contributed by atoms with Crippen molar-refractivity contribution in [2.45, 2.75) is 0 Å². The third-order valence-corrected chi connectivity index (χ3v) is 11.9. The molecule has 10 aromatic rings. The van der Waals surface area contributed by atoms with Crippen LogP contribution in [0.5, 0.6) is 0 Å². The number of benzene rings is 7. The molecule has 0 aliphatic carbocycles. The first-order valence-electron chi connectivity index (χ1n) is 16.7. The molecular formula is C46H28N2S2. The van der Waals surface area contributed by atoms with Crippen molar-refractivity contribution >= 4 is 63.0 Å². The zero-order valence-electron chi connectivity index (χ0n) is 26.9. The first-order chi connectivity index (χ1) is 24.8. The highest BCUT2D eigenvalue weighted by molar-refractivity contribution is 7.26. The highest BCUT2D eigenvalue weighted by atomic mass is 32.1. The Kier molecular flexibility index (Phi) is 6.90. The van der Waals surface area contributed by atoms with Crippen LogP contribution >= 0.6 is 22.7 Å². The molecular weight excluding hydrogens is 645 g/mol. The standard InChI is InChI=1S/C46H28N2S2/c1-2-11-29(12-3-1)30-21-23-31(24-22-30)33-13-4-5-14-34(33)40-28-41(38-18-10-17-37-35-15-6-9-20-43(35)50-45(37)38)48-46(47-40)32-25-26-44-39(27-32)36-16-7-8-19-42(36)49-44/h1-28H. The number of rotatable bonds is 5. The summed E-state index contributed by atoms with van der Waals surface area (Å²) < 4.78 is 5.08. The van der Waals surface area contributed by atoms with Crippen LogP contribution in [0.4, 0.5) is 0 Å². The fraction of sp³-hybridized carbons (Fsp3) is 0. The van der Waals surface area contributed by atoms with Gasteiger partial charge in [-0.25, -0.2) is 9.97 Å². The Bertz CT molecular complexity index is 2860. The van der Waals surface area contributed by atoms with Crippen molar-refractivity contribution in [1.82, 2.24) is 9.97 Å². The lowest BCUT2D eigenvalue weighted by molar-refractivity contribution is 1.19. The molecule has 0 radical (unpaired) electrons. The number of thiophene rings is 2. The second-order valence-corrected chi connectivity index (χ2v) is 14.7. The van der Waals surface area contributed by atoms with E-state index in [0.717, 1.165) is 45.0 Å². The molecule has 0 saturated carbocycles. The molecule has 0 amide bonds. The average molecular weight is 673 g/mol. The SMILES string of the molecule is c1ccc(-c2ccc(-c3ccccc3-c3cc(-c4cccc5c4sc4ccccc45)nc(-c4ccc5sc6ccccc6c5c4)n3)cc2)cc1. The Balaban J connectivity index is 1.18. The summed E-state index contributed by atoms with van der Waals surface area (Å²) in [4.78, 5) is 10.7. The van der Waals surface area contributed by atoms with Gasteiger partial charge in [0.1, 0.15) is 0 Å². The molecule has 50 heavy (non-hydrogen) atoms. The quantitative estimate of drug-likeness (QED) is 0.182. The van der Waals surface area contributed by atoms with Crippen LogP contribution in [0.2, 0.25) is 0 Å². The van der Waals surface area contributed by atoms with Crippen molar-refractivity contribution in [3.05, 3.63) is 170 Å². The predicted molar refractivity (Wildman–Crippen MR) is 215 cm³/mol. The maximum Gasteiger partial charge on any atom is 0.160 e. The van der Waals surface area contributed by atoms with E-state index < -0.39 is 0 Å². The van der Waals surface area contributed by atoms with Gasteiger partial charge < -0.3 is 0 Å². The number of fused-ring (bicyclic) bond motifs is 6. The van der Waals surface area contributed by atoms with Crippen molar-refractivity contribution in [2.24, 2.45) is 0 Å². The van der Waals surface area contributed by atoms with Crippen LogP contribution in [0, 0.1) is 0 Å². The van der Waals surface area contributed by atoms with Gasteiger partial charge in [0.25, 0.3) is 0 Å². The highest BCUT2D eigenvalue weighted by Gasteiger charge is 2.18. The van der Waals surface area contributed by atoms with Gasteiger partial charge in [-0.1, -0.05) is 133 Å². The van der Waals surface area contributed by atoms with Crippen LogP contribution in [0.15, 0.2) is 170 Å². The van der Waals surface area contributed by atoms with E-state index in [0.29, 0.717) is 0 Å². The molecule has 4 heteroatoms. The first-order valence-corrected chi connectivity index (χ1v) is 18.4. The third-order valence-electron chi connectivity index (χ3n) is 9.55. The molecule has 0 bridgehead atoms. The van der Waals surface area contributed by atoms with Gasteiger partial charge in [0, 0.05) is 57.0 Å². The minimum absolute atomic E-state index is 0.724. The normalized spacial score (nSPS) is 11.6. The van der Waals surface area contributed by atoms with E-state index in [2.05, 4.69) is 170 Å². The van der Waals surface area contributed by atoms with Crippen molar-refractivity contribution in [2.75, 3.05) is 0 Å². The van der Waals surface area contributed by atoms with Crippen LogP contribution in [0.1, 0.15) is 0 Å². The molecule has 0 fully saturated rings. The molecule has 7 aromatic carbocycles. The summed E-state index contributed by atoms with van der Waals surface area (Å²) in [6.45, 7) is 0. The lowest BCUT2D eigenvalue weighted by Crippen LogP contribution is -1.97. The van der Waals surface area contributed by atoms with E-state index in [1.54, 1.807) is 0 Å². The zero-order valence-corrected chi connectivity index (χ0v) is 28.5. The molecule has 0 aliphatic rings. The molecule has 0 aliphatic heterocycles. The maximum absolute atomic E-state index is 5.34. The van der Waals surface area contributed by atoms with Gasteiger partial charge >= 0.3 is 0 Å². The number of hydrogen-bond acceptors (Lipinski definition) is 4. The summed E-state index contributed by atoms with van der Waals surface area (Å²) in [5.74, 6) is 0.724. The maximum atomic E-state index is 5.34. The second kappa shape index (κ2) is 11.9. The van der Waals surface area contributed by atoms with E-state index in [-0.39, 0.29) is 0 Å². The fourth-order valence-corrected chi connectivity index (χ4v) is 9.41. The highest BCUT2D eigenvalue weighted by Crippen LogP contribution is 2.42. The molecule has 10 rings (SSSR count). The van der Waals surface area contributed by atoms with E-state index in [4.69, 9.17) is 9.97 Å². The average Bonchev–Trinajstić information content (AvgIpc) is 3.76. The van der Waals surface area contributed by atoms with Gasteiger partial charge in [-0.15, -0.1) is 22.7 Å². The summed E-state index contributed by atoms with van der Waals surface area (Å²) in [5.41, 5.74) is 9.75. The molecule has 0 saturated heterocycles. The lowest BCUT2D eigenvalue weighted by Gasteiger charge is -2.14. The number of aromatic nitrogens is 2. The van der Waals surface area contributed by atoms with Crippen molar-refractivity contribution < 1.29 is 0 Å². The van der Waals surface area contributed by atoms with Crippen LogP contribution < -0.4 is 0 Å². The Labute approximate surface area is 297 Å². The Morgan fingerprint density at radius 3 is 1.66 bits per heavy atom. The van der Waals surface area contributed by atoms with E-state index in [1.807, 2.05) is 22.7 Å². The molecule has 234 valence electrons. The summed E-state index contributed by atoms with van der Waals surface area (Å²) in [5, 5.41) is 5.05. The van der Waals surface area contributed by atoms with Gasteiger partial charge in [-0.05, 0) is 58.7 Å². The van der Waals surface area contributed by atoms with Crippen LogP contribution in [-0.2, 0) is 0 Å². The fourth-order valence-electron chi connectivity index (χ4n) is 7.10. The third kappa shape index (κ3) is 4.92. The minimum Gasteiger partial charge on any atom is -0.228 e. The summed E-state index contributed by atoms with van der Waals surface area (Å²) in [7, 11) is 0. The van der Waals surface area contributed by atoms with E-state index >= 15 is 0 Å². The van der Waals surface area contributed by atoms with E-state index in [9.17, 15) is 0 Å². The monoisotopic (exact) mass is 672 g/mol. The van der Waals surface area contributed by atoms with Crippen molar-refractivity contribution in [3.63, 3.8) is 0 Å². The molecule has 0 atom stereocenters. The van der Waals surface area contributed by atoms with Gasteiger partial charge in [-0.3, -0.25) is 0 Å². The van der Waals surface area contributed by atoms with Gasteiger partial charge in [0.05, 0.1) is 11.4 Å². The Morgan fingerprint density at radius 1 is 0.320 bits per heavy atom. The minimum atomic E-state index is 0.724. The predicted octanol–water partition coefficient (Wildman–Crippen LogP) is 13.5. The second-order valence-electron chi connectivity index (χ2n) is 12.5. The topological polar surface area (TPSA) is 25.8 Å². The molecule has 0 spiro atoms. The van der Waals surface area contributed by atoms with Gasteiger partial charge in [-0.2, -0.15) is 0 Å². The first kappa shape index (κ1) is 29.0. The molecule has 2 nitrogen and oxygen atoms in total. The lowest BCUT2D eigenvalue weighted by atomic mass is 9.94. The van der Waals surface area contributed by atoms with Gasteiger partial charge in [0.2, 0.25) is 0 Å². The zero-order chi connectivity index (χ0) is 33.0. The van der Waals surface area contributed by atoms with Crippen LogP contribution in [0.25, 0.3) is 96.5 Å². The number of hydrogen-bond donors (Lipinski definition) is 0. The Morgan fingerprint density at radius 2 is 0.860 bits per heavy atom. The molecule has 0 N–H and O–H groups in total. The largest absolute Gasteiger partial charge is 0.228 e. The van der Waals surface area contributed by atoms with Crippen molar-refractivity contribution in [3.8, 4) is 56.2 Å². The van der Waals surface area contributed by atoms with Gasteiger partial charge in [0.15, 0.2) is 5.82 Å². The molecule has 3 heterocycles. The summed E-state index contributed by atoms with van der Waals surface area (Å²) >= 11 is 3.66. The molecule has 0 unspecified atom stereocenters. The molecule has 3 aromatic heterocycles. The van der Waals surface area contributed by atoms with Crippen LogP contribution in [0.3, 0.4) is 0 Å². The van der Waals surface area contributed by atoms with Crippen molar-refractivity contribution in [1.29, 1.82) is 0 Å². The number of nitrogens with zero attached hydrogens (tertiary/aromatic N) is 2. The van der Waals surface area contributed by atoms with Crippen LogP contribution in [-0.4, -0.2) is 9.97 Å². The Hall–Kier alpha value is -5.94. The van der Waals surface area contributed by atoms with E-state index in [1.165, 1.54) is 51.5 Å². The smallest absolute Gasteiger partial charge is 0.160 e. The summed E-state index contributed by atoms with van der Waals surface area (Å²) in [6, 6.07) is 60.7.